The number of rotatable bonds is 28. The summed E-state index contributed by atoms with van der Waals surface area (Å²) in [6.45, 7) is 10.9. The molecule has 3 saturated heterocycles. The molecule has 3 fully saturated rings. The molecule has 0 bridgehead atoms. The van der Waals surface area contributed by atoms with Crippen LogP contribution in [0.1, 0.15) is 70.9 Å². The summed E-state index contributed by atoms with van der Waals surface area (Å²) < 4.78 is 85.3. The lowest BCUT2D eigenvalue weighted by molar-refractivity contribution is -0.384. The van der Waals surface area contributed by atoms with E-state index in [1.165, 1.54) is 28.6 Å². The Morgan fingerprint density at radius 2 is 1.15 bits per heavy atom. The first kappa shape index (κ1) is 65.1. The van der Waals surface area contributed by atoms with Crippen molar-refractivity contribution in [2.24, 2.45) is 11.8 Å². The summed E-state index contributed by atoms with van der Waals surface area (Å²) in [5, 5.41) is 27.8. The number of carbonyl (C=O) groups excluding carboxylic acids is 3. The minimum absolute atomic E-state index is 0.0113. The van der Waals surface area contributed by atoms with E-state index in [4.69, 9.17) is 29.4 Å². The van der Waals surface area contributed by atoms with Gasteiger partial charge in [0.05, 0.1) is 72.0 Å². The highest BCUT2D eigenvalue weighted by Gasteiger charge is 2.36. The van der Waals surface area contributed by atoms with Crippen LogP contribution < -0.4 is 16.4 Å². The largest absolute Gasteiger partial charge is 0.444 e. The molecule has 82 heavy (non-hydrogen) atoms. The molecule has 4 aromatic carbocycles. The fourth-order valence-corrected chi connectivity index (χ4v) is 12.9. The number of aliphatic hydroxyl groups is 1. The fourth-order valence-electron chi connectivity index (χ4n) is 9.66. The van der Waals surface area contributed by atoms with Crippen LogP contribution in [0.5, 0.6) is 0 Å². The second-order valence-corrected chi connectivity index (χ2v) is 25.6. The van der Waals surface area contributed by atoms with Gasteiger partial charge >= 0.3 is 12.2 Å². The molecule has 0 spiro atoms. The molecule has 4 aromatic rings. The maximum Gasteiger partial charge on any atom is 0.407 e. The van der Waals surface area contributed by atoms with E-state index >= 15 is 0 Å². The van der Waals surface area contributed by atoms with E-state index in [0.717, 1.165) is 59.9 Å². The number of anilines is 1. The number of nitro benzene ring substituents is 1. The number of ether oxygens (including phenoxy) is 5. The van der Waals surface area contributed by atoms with Crippen molar-refractivity contribution in [3.63, 3.8) is 0 Å². The van der Waals surface area contributed by atoms with E-state index in [1.807, 2.05) is 88.4 Å². The quantitative estimate of drug-likeness (QED) is 0.0279. The zero-order chi connectivity index (χ0) is 59.2. The molecular formula is C58H81N7O15S2. The molecule has 450 valence electrons. The first-order valence-electron chi connectivity index (χ1n) is 28.0. The van der Waals surface area contributed by atoms with E-state index in [9.17, 15) is 46.4 Å². The third kappa shape index (κ3) is 21.0. The van der Waals surface area contributed by atoms with Crippen LogP contribution in [0.3, 0.4) is 0 Å². The molecule has 22 nitrogen and oxygen atoms in total. The number of nitro groups is 1. The topological polar surface area (TPSA) is 289 Å². The Balaban J connectivity index is 0.000000269. The number of aliphatic hydroxyl groups excluding tert-OH is 1. The van der Waals surface area contributed by atoms with Crippen molar-refractivity contribution in [2.45, 2.75) is 119 Å². The number of alkyl carbamates (subject to hydrolysis) is 2. The van der Waals surface area contributed by atoms with E-state index in [0.29, 0.717) is 51.4 Å². The van der Waals surface area contributed by atoms with Gasteiger partial charge in [0.1, 0.15) is 18.8 Å². The summed E-state index contributed by atoms with van der Waals surface area (Å²) in [6.07, 6.45) is 0.773. The number of amides is 2. The van der Waals surface area contributed by atoms with Gasteiger partial charge in [0.2, 0.25) is 20.0 Å². The number of ketones is 1. The SMILES string of the molecule is CC(C)CN(C[C@@H](O)[C@H](Cc1ccccc1)NC(=O)O[C@H]1CCOC1)S(=O)(=O)c1ccc([N+](=O)[O-])cc1.CC(C)CN(C[C@@H](OCC(=O)CN1CCCCC1)[C@H](Cc1ccccc1)NC(=O)O[C@H]1CCOC1)S(=O)(=O)c1ccc(N)cc1. The summed E-state index contributed by atoms with van der Waals surface area (Å²) in [6, 6.07) is 27.9. The average Bonchev–Trinajstić information content (AvgIpc) is 4.21. The van der Waals surface area contributed by atoms with E-state index < -0.39 is 61.4 Å². The highest BCUT2D eigenvalue weighted by molar-refractivity contribution is 7.89. The first-order chi connectivity index (χ1) is 39.2. The molecule has 24 heteroatoms. The third-order valence-electron chi connectivity index (χ3n) is 13.9. The molecule has 0 aromatic heterocycles. The van der Waals surface area contributed by atoms with Crippen molar-refractivity contribution in [3.05, 3.63) is 130 Å². The Labute approximate surface area is 482 Å². The lowest BCUT2D eigenvalue weighted by Gasteiger charge is -2.33. The van der Waals surface area contributed by atoms with Crippen LogP contribution in [-0.2, 0) is 61.4 Å². The Morgan fingerprint density at radius 1 is 0.683 bits per heavy atom. The molecule has 6 atom stereocenters. The van der Waals surface area contributed by atoms with Crippen LogP contribution in [0.25, 0.3) is 0 Å². The summed E-state index contributed by atoms with van der Waals surface area (Å²) in [5.41, 5.74) is 7.81. The van der Waals surface area contributed by atoms with Crippen molar-refractivity contribution in [1.82, 2.24) is 24.1 Å². The standard InChI is InChI=1S/C33H48N4O7S.C25H33N3O8S/c1-25(2)20-37(45(40,41)30-13-11-27(34)12-14-30)22-32(43-23-28(38)21-36-16-7-4-8-17-36)31(19-26-9-5-3-6-10-26)35-33(39)44-29-15-18-42-24-29;1-18(2)15-27(37(33,34)22-10-8-20(9-11-22)28(31)32)16-24(29)23(14-19-6-4-3-5-7-19)26-25(30)36-21-12-13-35-17-21/h3,5-6,9-14,25,29,31-32H,4,7-8,15-24,34H2,1-2H3,(H,35,39);3-11,18,21,23-24,29H,12-17H2,1-2H3,(H,26,30)/t29-,31-,32+;21-,23-,24+/m00/s1. The molecule has 2 amide bonds. The van der Waals surface area contributed by atoms with Crippen LogP contribution in [0.15, 0.2) is 119 Å². The summed E-state index contributed by atoms with van der Waals surface area (Å²) >= 11 is 0. The molecule has 0 aliphatic carbocycles. The summed E-state index contributed by atoms with van der Waals surface area (Å²) in [7, 11) is -8.08. The number of sulfonamides is 2. The number of nitrogens with two attached hydrogens (primary N) is 1. The lowest BCUT2D eigenvalue weighted by Crippen LogP contribution is -2.53. The Bertz CT molecular complexity index is 2840. The minimum atomic E-state index is -4.10. The highest BCUT2D eigenvalue weighted by Crippen LogP contribution is 2.25. The van der Waals surface area contributed by atoms with Gasteiger partial charge in [-0.1, -0.05) is 94.8 Å². The smallest absolute Gasteiger partial charge is 0.407 e. The van der Waals surface area contributed by atoms with Crippen molar-refractivity contribution in [1.29, 1.82) is 0 Å². The number of likely N-dealkylation sites (tertiary alicyclic amines) is 1. The maximum absolute atomic E-state index is 14.0. The molecular weight excluding hydrogens is 1100 g/mol. The van der Waals surface area contributed by atoms with Gasteiger partial charge in [0, 0.05) is 56.8 Å². The summed E-state index contributed by atoms with van der Waals surface area (Å²) in [5.74, 6) is -0.182. The summed E-state index contributed by atoms with van der Waals surface area (Å²) in [4.78, 5) is 51.3. The van der Waals surface area contributed by atoms with Gasteiger partial charge in [-0.2, -0.15) is 8.61 Å². The predicted octanol–water partition coefficient (Wildman–Crippen LogP) is 6.21. The number of Topliss-reactive ketones (excluding diaryl/α,β-unsaturated/α-hetero) is 1. The number of carbonyl (C=O) groups is 3. The minimum Gasteiger partial charge on any atom is -0.444 e. The fraction of sp³-hybridized carbons (Fsp3) is 0.534. The van der Waals surface area contributed by atoms with Gasteiger partial charge in [-0.25, -0.2) is 26.4 Å². The number of nitrogens with zero attached hydrogens (tertiary/aromatic N) is 4. The van der Waals surface area contributed by atoms with Gasteiger partial charge in [-0.05, 0) is 98.1 Å². The maximum atomic E-state index is 14.0. The molecule has 5 N–H and O–H groups in total. The molecule has 3 heterocycles. The molecule has 3 aliphatic heterocycles. The molecule has 0 radical (unpaired) electrons. The monoisotopic (exact) mass is 1180 g/mol. The van der Waals surface area contributed by atoms with Crippen LogP contribution in [0.4, 0.5) is 21.0 Å². The Morgan fingerprint density at radius 3 is 1.61 bits per heavy atom. The van der Waals surface area contributed by atoms with Gasteiger partial charge in [-0.15, -0.1) is 0 Å². The normalized spacial score (nSPS) is 18.3. The Hall–Kier alpha value is -6.09. The number of hydrogen-bond acceptors (Lipinski definition) is 17. The van der Waals surface area contributed by atoms with Crippen LogP contribution in [-0.4, -0.2) is 174 Å². The van der Waals surface area contributed by atoms with Crippen LogP contribution in [0, 0.1) is 22.0 Å². The second kappa shape index (κ2) is 32.1. The van der Waals surface area contributed by atoms with E-state index in [-0.39, 0.29) is 91.1 Å². The lowest BCUT2D eigenvalue weighted by atomic mass is 10.0. The third-order valence-corrected chi connectivity index (χ3v) is 17.6. The van der Waals surface area contributed by atoms with Crippen molar-refractivity contribution < 1.29 is 64.9 Å². The highest BCUT2D eigenvalue weighted by atomic mass is 32.2. The average molecular weight is 1180 g/mol. The number of benzene rings is 4. The van der Waals surface area contributed by atoms with Crippen molar-refractivity contribution in [2.75, 3.05) is 84.6 Å². The van der Waals surface area contributed by atoms with Gasteiger partial charge in [0.15, 0.2) is 5.78 Å². The Kier molecular flexibility index (Phi) is 25.5. The zero-order valence-electron chi connectivity index (χ0n) is 47.3. The van der Waals surface area contributed by atoms with Gasteiger partial charge < -0.3 is 45.2 Å². The number of hydrogen-bond donors (Lipinski definition) is 4. The van der Waals surface area contributed by atoms with Gasteiger partial charge in [0.25, 0.3) is 5.69 Å². The van der Waals surface area contributed by atoms with E-state index in [2.05, 4.69) is 15.5 Å². The number of nitrogen functional groups attached to an aromatic ring is 1. The molecule has 0 saturated carbocycles. The molecule has 3 aliphatic rings. The van der Waals surface area contributed by atoms with Crippen molar-refractivity contribution >= 4 is 49.4 Å². The predicted molar refractivity (Wildman–Crippen MR) is 308 cm³/mol. The van der Waals surface area contributed by atoms with E-state index in [1.54, 1.807) is 12.1 Å². The first-order valence-corrected chi connectivity index (χ1v) is 30.9. The molecule has 7 rings (SSSR count). The van der Waals surface area contributed by atoms with Crippen LogP contribution in [0.2, 0.25) is 0 Å². The number of nitrogens with one attached hydrogen (secondary N) is 2. The molecule has 0 unspecified atom stereocenters. The number of piperidine rings is 1. The second-order valence-electron chi connectivity index (χ2n) is 21.7. The number of non-ortho nitro benzene ring substituents is 1. The van der Waals surface area contributed by atoms with Crippen molar-refractivity contribution in [3.8, 4) is 0 Å². The van der Waals surface area contributed by atoms with Gasteiger partial charge in [-0.3, -0.25) is 19.8 Å². The van der Waals surface area contributed by atoms with Crippen LogP contribution >= 0.6 is 0 Å². The zero-order valence-corrected chi connectivity index (χ0v) is 48.9.